The fourth-order valence-electron chi connectivity index (χ4n) is 1.83. The normalized spacial score (nSPS) is 15.2. The minimum absolute atomic E-state index is 0.0805. The molecule has 1 saturated heterocycles. The van der Waals surface area contributed by atoms with Crippen molar-refractivity contribution in [3.8, 4) is 0 Å². The summed E-state index contributed by atoms with van der Waals surface area (Å²) in [6.45, 7) is 2.91. The highest BCUT2D eigenvalue weighted by atomic mass is 35.5. The molecule has 1 aromatic rings. The number of carbonyl (C=O) groups is 1. The zero-order valence-electron chi connectivity index (χ0n) is 10.7. The van der Waals surface area contributed by atoms with Crippen LogP contribution in [0, 0.1) is 0 Å². The lowest BCUT2D eigenvalue weighted by molar-refractivity contribution is -0.134. The van der Waals surface area contributed by atoms with Gasteiger partial charge in [-0.05, 0) is 6.07 Å². The van der Waals surface area contributed by atoms with Crippen molar-refractivity contribution < 1.29 is 9.53 Å². The van der Waals surface area contributed by atoms with E-state index in [0.29, 0.717) is 55.1 Å². The summed E-state index contributed by atoms with van der Waals surface area (Å²) in [6, 6.07) is 1.52. The van der Waals surface area contributed by atoms with Crippen LogP contribution in [0.4, 0.5) is 5.82 Å². The van der Waals surface area contributed by atoms with Crippen molar-refractivity contribution in [2.45, 2.75) is 6.42 Å². The van der Waals surface area contributed by atoms with Gasteiger partial charge < -0.3 is 15.0 Å². The quantitative estimate of drug-likeness (QED) is 0.858. The molecule has 0 radical (unpaired) electrons. The minimum Gasteiger partial charge on any atom is -0.378 e. The summed E-state index contributed by atoms with van der Waals surface area (Å²) in [6.07, 6.45) is 0.359. The zero-order chi connectivity index (χ0) is 14.5. The maximum absolute atomic E-state index is 11.9. The van der Waals surface area contributed by atoms with E-state index in [9.17, 15) is 4.79 Å². The fraction of sp³-hybridized carbons (Fsp3) is 0.500. The lowest BCUT2D eigenvalue weighted by atomic mass is 10.3. The van der Waals surface area contributed by atoms with Gasteiger partial charge in [0.25, 0.3) is 0 Å². The molecule has 5 nitrogen and oxygen atoms in total. The van der Waals surface area contributed by atoms with Crippen molar-refractivity contribution >= 4 is 46.5 Å². The predicted molar refractivity (Wildman–Crippen MR) is 79.8 cm³/mol. The number of nitrogens with zero attached hydrogens (tertiary/aromatic N) is 2. The number of aromatic nitrogens is 1. The molecular weight excluding hydrogens is 325 g/mol. The van der Waals surface area contributed by atoms with Crippen molar-refractivity contribution in [2.75, 3.05) is 38.2 Å². The summed E-state index contributed by atoms with van der Waals surface area (Å²) >= 11 is 17.6. The lowest BCUT2D eigenvalue weighted by Crippen LogP contribution is -2.41. The van der Waals surface area contributed by atoms with Gasteiger partial charge in [0.05, 0.1) is 23.3 Å². The van der Waals surface area contributed by atoms with Crippen LogP contribution >= 0.6 is 34.8 Å². The summed E-state index contributed by atoms with van der Waals surface area (Å²) in [7, 11) is 0. The van der Waals surface area contributed by atoms with Gasteiger partial charge in [-0.25, -0.2) is 4.98 Å². The maximum atomic E-state index is 11.9. The van der Waals surface area contributed by atoms with Crippen LogP contribution in [0.5, 0.6) is 0 Å². The third-order valence-electron chi connectivity index (χ3n) is 2.88. The van der Waals surface area contributed by atoms with E-state index in [1.807, 2.05) is 0 Å². The van der Waals surface area contributed by atoms with E-state index < -0.39 is 0 Å². The van der Waals surface area contributed by atoms with Gasteiger partial charge in [0.1, 0.15) is 11.0 Å². The number of hydrogen-bond donors (Lipinski definition) is 1. The van der Waals surface area contributed by atoms with Gasteiger partial charge in [-0.3, -0.25) is 4.79 Å². The van der Waals surface area contributed by atoms with E-state index in [1.54, 1.807) is 4.90 Å². The molecule has 0 unspecified atom stereocenters. The Bertz CT molecular complexity index is 493. The van der Waals surface area contributed by atoms with E-state index in [2.05, 4.69) is 10.3 Å². The third-order valence-corrected chi connectivity index (χ3v) is 3.84. The Balaban J connectivity index is 1.83. The smallest absolute Gasteiger partial charge is 0.224 e. The molecular formula is C12H14Cl3N3O2. The molecule has 1 N–H and O–H groups in total. The standard InChI is InChI=1S/C12H14Cl3N3O2/c13-8-7-9(14)12(17-11(8)15)16-2-1-10(19)18-3-5-20-6-4-18/h7H,1-6H2,(H,16,17). The maximum Gasteiger partial charge on any atom is 0.224 e. The van der Waals surface area contributed by atoms with Crippen molar-refractivity contribution in [3.05, 3.63) is 21.3 Å². The Morgan fingerprint density at radius 3 is 2.70 bits per heavy atom. The Hall–Kier alpha value is -0.750. The van der Waals surface area contributed by atoms with Crippen LogP contribution in [-0.4, -0.2) is 48.6 Å². The van der Waals surface area contributed by atoms with Crippen LogP contribution in [0.15, 0.2) is 6.07 Å². The van der Waals surface area contributed by atoms with Gasteiger partial charge in [0.2, 0.25) is 5.91 Å². The van der Waals surface area contributed by atoms with Gasteiger partial charge >= 0.3 is 0 Å². The second-order valence-corrected chi connectivity index (χ2v) is 5.43. The van der Waals surface area contributed by atoms with Crippen molar-refractivity contribution in [3.63, 3.8) is 0 Å². The van der Waals surface area contributed by atoms with E-state index in [0.717, 1.165) is 0 Å². The van der Waals surface area contributed by atoms with E-state index in [4.69, 9.17) is 39.5 Å². The van der Waals surface area contributed by atoms with Gasteiger partial charge in [-0.15, -0.1) is 0 Å². The van der Waals surface area contributed by atoms with Crippen molar-refractivity contribution in [1.29, 1.82) is 0 Å². The molecule has 0 spiro atoms. The molecule has 0 atom stereocenters. The molecule has 20 heavy (non-hydrogen) atoms. The summed E-state index contributed by atoms with van der Waals surface area (Å²) in [5.74, 6) is 0.507. The van der Waals surface area contributed by atoms with Gasteiger partial charge in [-0.2, -0.15) is 0 Å². The van der Waals surface area contributed by atoms with E-state index in [1.165, 1.54) is 6.07 Å². The van der Waals surface area contributed by atoms with Crippen molar-refractivity contribution in [1.82, 2.24) is 9.88 Å². The average molecular weight is 339 g/mol. The topological polar surface area (TPSA) is 54.5 Å². The molecule has 8 heteroatoms. The molecule has 0 saturated carbocycles. The van der Waals surface area contributed by atoms with Crippen LogP contribution in [0.1, 0.15) is 6.42 Å². The molecule has 1 aromatic heterocycles. The first-order valence-corrected chi connectivity index (χ1v) is 7.32. The SMILES string of the molecule is O=C(CCNc1nc(Cl)c(Cl)cc1Cl)N1CCOCC1. The Morgan fingerprint density at radius 1 is 1.30 bits per heavy atom. The number of carbonyl (C=O) groups excluding carboxylic acids is 1. The summed E-state index contributed by atoms with van der Waals surface area (Å²) < 4.78 is 5.20. The highest BCUT2D eigenvalue weighted by Crippen LogP contribution is 2.28. The van der Waals surface area contributed by atoms with E-state index >= 15 is 0 Å². The van der Waals surface area contributed by atoms with Gasteiger partial charge in [0.15, 0.2) is 0 Å². The molecule has 2 rings (SSSR count). The van der Waals surface area contributed by atoms with Crippen LogP contribution in [-0.2, 0) is 9.53 Å². The molecule has 0 aliphatic carbocycles. The van der Waals surface area contributed by atoms with Crippen LogP contribution in [0.3, 0.4) is 0 Å². The largest absolute Gasteiger partial charge is 0.378 e. The van der Waals surface area contributed by atoms with Crippen molar-refractivity contribution in [2.24, 2.45) is 0 Å². The second kappa shape index (κ2) is 7.31. The number of morpholine rings is 1. The molecule has 0 bridgehead atoms. The zero-order valence-corrected chi connectivity index (χ0v) is 12.9. The lowest BCUT2D eigenvalue weighted by Gasteiger charge is -2.26. The summed E-state index contributed by atoms with van der Waals surface area (Å²) in [5.41, 5.74) is 0. The molecule has 1 fully saturated rings. The molecule has 2 heterocycles. The number of anilines is 1. The number of halogens is 3. The Kier molecular flexibility index (Phi) is 5.72. The minimum atomic E-state index is 0.0805. The highest BCUT2D eigenvalue weighted by Gasteiger charge is 2.16. The van der Waals surface area contributed by atoms with E-state index in [-0.39, 0.29) is 11.1 Å². The molecule has 1 amide bonds. The summed E-state index contributed by atoms with van der Waals surface area (Å²) in [4.78, 5) is 17.7. The molecule has 1 aliphatic heterocycles. The molecule has 110 valence electrons. The van der Waals surface area contributed by atoms with Crippen LogP contribution < -0.4 is 5.32 Å². The predicted octanol–water partition coefficient (Wildman–Crippen LogP) is 2.70. The number of nitrogens with one attached hydrogen (secondary N) is 1. The first kappa shape index (κ1) is 15.6. The highest BCUT2D eigenvalue weighted by molar-refractivity contribution is 6.42. The fourth-order valence-corrected chi connectivity index (χ4v) is 2.39. The first-order chi connectivity index (χ1) is 9.58. The third kappa shape index (κ3) is 4.12. The number of pyridine rings is 1. The molecule has 1 aliphatic rings. The van der Waals surface area contributed by atoms with Crippen LogP contribution in [0.2, 0.25) is 15.2 Å². The molecule has 0 aromatic carbocycles. The second-order valence-electron chi connectivity index (χ2n) is 4.26. The Labute approximate surface area is 132 Å². The van der Waals surface area contributed by atoms with Gasteiger partial charge in [0, 0.05) is 26.1 Å². The first-order valence-electron chi connectivity index (χ1n) is 6.19. The number of ether oxygens (including phenoxy) is 1. The Morgan fingerprint density at radius 2 is 2.00 bits per heavy atom. The monoisotopic (exact) mass is 337 g/mol. The van der Waals surface area contributed by atoms with Crippen LogP contribution in [0.25, 0.3) is 0 Å². The summed E-state index contributed by atoms with van der Waals surface area (Å²) in [5, 5.41) is 3.84. The number of rotatable bonds is 4. The van der Waals surface area contributed by atoms with Gasteiger partial charge in [-0.1, -0.05) is 34.8 Å². The number of hydrogen-bond acceptors (Lipinski definition) is 4. The number of amides is 1. The average Bonchev–Trinajstić information content (AvgIpc) is 2.45.